The van der Waals surface area contributed by atoms with Gasteiger partial charge in [0.2, 0.25) is 0 Å². The maximum absolute atomic E-state index is 13.2. The van der Waals surface area contributed by atoms with E-state index in [0.29, 0.717) is 19.0 Å². The number of hydrogen-bond donors (Lipinski definition) is 1. The number of carbonyl (C=O) groups excluding carboxylic acids is 1. The van der Waals surface area contributed by atoms with Gasteiger partial charge in [0.15, 0.2) is 0 Å². The van der Waals surface area contributed by atoms with Crippen LogP contribution >= 0.6 is 0 Å². The molecular weight excluding hydrogens is 333 g/mol. The fourth-order valence-electron chi connectivity index (χ4n) is 3.47. The lowest BCUT2D eigenvalue weighted by atomic mass is 9.95. The molecule has 1 aliphatic rings. The molecule has 2 heterocycles. The van der Waals surface area contributed by atoms with Crippen LogP contribution in [-0.4, -0.2) is 38.8 Å². The third-order valence-corrected chi connectivity index (χ3v) is 4.85. The van der Waals surface area contributed by atoms with Crippen LogP contribution in [0, 0.1) is 5.82 Å². The maximum Gasteiger partial charge on any atom is 0.317 e. The number of carbonyl (C=O) groups is 1. The number of nitrogens with one attached hydrogen (secondary N) is 1. The molecule has 1 N–H and O–H groups in total. The van der Waals surface area contributed by atoms with Gasteiger partial charge in [0.05, 0.1) is 6.04 Å². The molecule has 7 heteroatoms. The minimum Gasteiger partial charge on any atom is -0.338 e. The lowest BCUT2D eigenvalue weighted by Crippen LogP contribution is -2.45. The molecule has 1 aromatic carbocycles. The van der Waals surface area contributed by atoms with Gasteiger partial charge < -0.3 is 14.8 Å². The van der Waals surface area contributed by atoms with E-state index in [4.69, 9.17) is 0 Å². The van der Waals surface area contributed by atoms with Crippen molar-refractivity contribution in [2.24, 2.45) is 0 Å². The molecule has 0 radical (unpaired) electrons. The predicted molar refractivity (Wildman–Crippen MR) is 97.2 cm³/mol. The number of nitrogens with zero attached hydrogens (tertiary/aromatic N) is 4. The maximum atomic E-state index is 13.2. The molecular formula is C19H26FN5O. The Bertz CT molecular complexity index is 728. The van der Waals surface area contributed by atoms with Crippen molar-refractivity contribution in [2.45, 2.75) is 51.6 Å². The Hall–Kier alpha value is -2.44. The highest BCUT2D eigenvalue weighted by atomic mass is 19.1. The van der Waals surface area contributed by atoms with E-state index >= 15 is 0 Å². The van der Waals surface area contributed by atoms with Gasteiger partial charge in [-0.05, 0) is 50.8 Å². The molecule has 0 bridgehead atoms. The minimum absolute atomic E-state index is 0.00340. The molecule has 1 aromatic heterocycles. The Balaban J connectivity index is 1.60. The summed E-state index contributed by atoms with van der Waals surface area (Å²) in [5, 5.41) is 11.1. The fraction of sp³-hybridized carbons (Fsp3) is 0.526. The highest BCUT2D eigenvalue weighted by Gasteiger charge is 2.27. The smallest absolute Gasteiger partial charge is 0.317 e. The summed E-state index contributed by atoms with van der Waals surface area (Å²) in [5.41, 5.74) is 0.987. The summed E-state index contributed by atoms with van der Waals surface area (Å²) in [6, 6.07) is 6.68. The molecule has 140 valence electrons. The second-order valence-corrected chi connectivity index (χ2v) is 6.99. The van der Waals surface area contributed by atoms with Gasteiger partial charge in [-0.25, -0.2) is 9.18 Å². The summed E-state index contributed by atoms with van der Waals surface area (Å²) in [5.74, 6) is 0.615. The van der Waals surface area contributed by atoms with Crippen molar-refractivity contribution >= 4 is 6.03 Å². The molecule has 6 nitrogen and oxygen atoms in total. The van der Waals surface area contributed by atoms with Gasteiger partial charge in [0.1, 0.15) is 18.0 Å². The van der Waals surface area contributed by atoms with Gasteiger partial charge in [-0.15, -0.1) is 10.2 Å². The Labute approximate surface area is 153 Å². The highest BCUT2D eigenvalue weighted by Crippen LogP contribution is 2.30. The summed E-state index contributed by atoms with van der Waals surface area (Å²) in [4.78, 5) is 14.6. The summed E-state index contributed by atoms with van der Waals surface area (Å²) in [6.07, 6.45) is 5.33. The zero-order valence-electron chi connectivity index (χ0n) is 15.4. The van der Waals surface area contributed by atoms with Crippen molar-refractivity contribution in [3.05, 3.63) is 47.8 Å². The molecule has 0 saturated carbocycles. The third-order valence-electron chi connectivity index (χ3n) is 4.85. The minimum atomic E-state index is -0.255. The summed E-state index contributed by atoms with van der Waals surface area (Å²) in [6.45, 7) is 5.38. The summed E-state index contributed by atoms with van der Waals surface area (Å²) >= 11 is 0. The lowest BCUT2D eigenvalue weighted by Gasteiger charge is -2.36. The number of aromatic nitrogens is 3. The van der Waals surface area contributed by atoms with Gasteiger partial charge in [0, 0.05) is 25.6 Å². The molecule has 1 atom stereocenters. The molecule has 0 aliphatic carbocycles. The van der Waals surface area contributed by atoms with Crippen molar-refractivity contribution < 1.29 is 9.18 Å². The van der Waals surface area contributed by atoms with Crippen molar-refractivity contribution in [1.29, 1.82) is 0 Å². The zero-order valence-corrected chi connectivity index (χ0v) is 15.4. The Morgan fingerprint density at radius 2 is 2.08 bits per heavy atom. The molecule has 2 amide bonds. The van der Waals surface area contributed by atoms with E-state index < -0.39 is 0 Å². The molecule has 0 unspecified atom stereocenters. The molecule has 1 fully saturated rings. The van der Waals surface area contributed by atoms with Crippen LogP contribution in [0.3, 0.4) is 0 Å². The lowest BCUT2D eigenvalue weighted by molar-refractivity contribution is 0.151. The highest BCUT2D eigenvalue weighted by molar-refractivity contribution is 5.74. The standard InChI is InChI=1S/C19H26FN5O/c1-14(2)25-13-22-23-18(25)10-11-21-19(26)24-12-4-3-5-17(24)15-6-8-16(20)9-7-15/h6-9,13-14,17H,3-5,10-12H2,1-2H3,(H,21,26)/t17-/m1/s1. The van der Waals surface area contributed by atoms with Crippen molar-refractivity contribution in [1.82, 2.24) is 25.0 Å². The SMILES string of the molecule is CC(C)n1cnnc1CCNC(=O)N1CCCC[C@@H]1c1ccc(F)cc1. The Morgan fingerprint density at radius 1 is 1.31 bits per heavy atom. The quantitative estimate of drug-likeness (QED) is 0.889. The van der Waals surface area contributed by atoms with E-state index in [9.17, 15) is 9.18 Å². The number of rotatable bonds is 5. The van der Waals surface area contributed by atoms with Gasteiger partial charge in [-0.2, -0.15) is 0 Å². The van der Waals surface area contributed by atoms with Gasteiger partial charge in [0.25, 0.3) is 0 Å². The van der Waals surface area contributed by atoms with Crippen LogP contribution in [0.25, 0.3) is 0 Å². The van der Waals surface area contributed by atoms with Crippen LogP contribution in [-0.2, 0) is 6.42 Å². The van der Waals surface area contributed by atoms with E-state index in [1.54, 1.807) is 18.5 Å². The van der Waals surface area contributed by atoms with Crippen LogP contribution in [0.1, 0.15) is 56.6 Å². The number of benzene rings is 1. The van der Waals surface area contributed by atoms with Crippen LogP contribution in [0.15, 0.2) is 30.6 Å². The normalized spacial score (nSPS) is 17.5. The Morgan fingerprint density at radius 3 is 2.81 bits per heavy atom. The Kier molecular flexibility index (Phi) is 5.85. The third kappa shape index (κ3) is 4.20. The monoisotopic (exact) mass is 359 g/mol. The number of likely N-dealkylation sites (tertiary alicyclic amines) is 1. The summed E-state index contributed by atoms with van der Waals surface area (Å²) in [7, 11) is 0. The van der Waals surface area contributed by atoms with E-state index in [2.05, 4.69) is 29.4 Å². The summed E-state index contributed by atoms with van der Waals surface area (Å²) < 4.78 is 15.2. The average Bonchev–Trinajstić information content (AvgIpc) is 3.11. The van der Waals surface area contributed by atoms with Crippen molar-refractivity contribution in [3.63, 3.8) is 0 Å². The topological polar surface area (TPSA) is 63.1 Å². The van der Waals surface area contributed by atoms with Crippen molar-refractivity contribution in [3.8, 4) is 0 Å². The first-order chi connectivity index (χ1) is 12.6. The number of hydrogen-bond acceptors (Lipinski definition) is 3. The van der Waals surface area contributed by atoms with Gasteiger partial charge in [-0.1, -0.05) is 12.1 Å². The first-order valence-electron chi connectivity index (χ1n) is 9.24. The molecule has 2 aromatic rings. The van der Waals surface area contributed by atoms with Crippen LogP contribution in [0.2, 0.25) is 0 Å². The zero-order chi connectivity index (χ0) is 18.5. The van der Waals surface area contributed by atoms with Gasteiger partial charge in [-0.3, -0.25) is 0 Å². The van der Waals surface area contributed by atoms with Crippen LogP contribution in [0.5, 0.6) is 0 Å². The van der Waals surface area contributed by atoms with E-state index in [1.165, 1.54) is 12.1 Å². The first-order valence-corrected chi connectivity index (χ1v) is 9.24. The number of urea groups is 1. The number of piperidine rings is 1. The average molecular weight is 359 g/mol. The second kappa shape index (κ2) is 8.29. The molecule has 0 spiro atoms. The molecule has 26 heavy (non-hydrogen) atoms. The van der Waals surface area contributed by atoms with Crippen LogP contribution in [0.4, 0.5) is 9.18 Å². The predicted octanol–water partition coefficient (Wildman–Crippen LogP) is 3.48. The van der Waals surface area contributed by atoms with E-state index in [-0.39, 0.29) is 17.9 Å². The molecule has 3 rings (SSSR count). The second-order valence-electron chi connectivity index (χ2n) is 6.99. The molecule has 1 saturated heterocycles. The fourth-order valence-corrected chi connectivity index (χ4v) is 3.47. The van der Waals surface area contributed by atoms with E-state index in [1.807, 2.05) is 9.47 Å². The number of halogens is 1. The van der Waals surface area contributed by atoms with Crippen LogP contribution < -0.4 is 5.32 Å². The first kappa shape index (κ1) is 18.4. The van der Waals surface area contributed by atoms with E-state index in [0.717, 1.165) is 37.2 Å². The largest absolute Gasteiger partial charge is 0.338 e. The van der Waals surface area contributed by atoms with Gasteiger partial charge >= 0.3 is 6.03 Å². The van der Waals surface area contributed by atoms with Crippen molar-refractivity contribution in [2.75, 3.05) is 13.1 Å². The number of amides is 2. The molecule has 1 aliphatic heterocycles.